The van der Waals surface area contributed by atoms with Gasteiger partial charge >= 0.3 is 0 Å². The first-order valence-electron chi connectivity index (χ1n) is 12.2. The van der Waals surface area contributed by atoms with Crippen molar-refractivity contribution in [2.24, 2.45) is 0 Å². The predicted molar refractivity (Wildman–Crippen MR) is 133 cm³/mol. The molecular formula is C28H34N2O4. The van der Waals surface area contributed by atoms with Gasteiger partial charge in [0.05, 0.1) is 18.2 Å². The summed E-state index contributed by atoms with van der Waals surface area (Å²) >= 11 is 0. The van der Waals surface area contributed by atoms with Crippen LogP contribution in [-0.2, 0) is 22.4 Å². The Hall–Kier alpha value is -3.12. The number of nitrogens with zero attached hydrogens (tertiary/aromatic N) is 2. The Labute approximate surface area is 201 Å². The molecule has 1 heterocycles. The van der Waals surface area contributed by atoms with Crippen LogP contribution in [0.5, 0.6) is 5.75 Å². The molecule has 0 saturated carbocycles. The number of fused-ring (bicyclic) bond motifs is 1. The van der Waals surface area contributed by atoms with Crippen LogP contribution in [0.2, 0.25) is 0 Å². The highest BCUT2D eigenvalue weighted by molar-refractivity contribution is 6.46. The average molecular weight is 463 g/mol. The molecule has 6 nitrogen and oxygen atoms in total. The first-order valence-corrected chi connectivity index (χ1v) is 12.2. The van der Waals surface area contributed by atoms with Crippen LogP contribution in [0.4, 0.5) is 0 Å². The van der Waals surface area contributed by atoms with Crippen molar-refractivity contribution < 1.29 is 19.4 Å². The smallest absolute Gasteiger partial charge is 0.295 e. The molecule has 1 atom stereocenters. The molecule has 1 N–H and O–H groups in total. The molecule has 2 aromatic rings. The molecule has 4 rings (SSSR count). The zero-order valence-electron chi connectivity index (χ0n) is 20.3. The van der Waals surface area contributed by atoms with E-state index in [0.29, 0.717) is 18.7 Å². The summed E-state index contributed by atoms with van der Waals surface area (Å²) in [4.78, 5) is 30.0. The van der Waals surface area contributed by atoms with Crippen LogP contribution in [0.15, 0.2) is 48.0 Å². The van der Waals surface area contributed by atoms with Gasteiger partial charge in [0.1, 0.15) is 11.5 Å². The minimum Gasteiger partial charge on any atom is -0.507 e. The monoisotopic (exact) mass is 462 g/mol. The number of amides is 1. The maximum Gasteiger partial charge on any atom is 0.295 e. The number of hydrogen-bond donors (Lipinski definition) is 1. The van der Waals surface area contributed by atoms with Crippen molar-refractivity contribution in [1.82, 2.24) is 9.80 Å². The number of ether oxygens (including phenoxy) is 1. The standard InChI is InChI=1S/C28H34N2O4/c1-4-34-23-14-12-20(13-15-23)25-24(27(32)28(33)30(25)17-7-16-29(2)3)26(31)22-11-10-19-8-5-6-9-21(19)18-22/h10-15,18,25,31H,4-9,16-17H2,1-3H3/b26-24-. The fourth-order valence-corrected chi connectivity index (χ4v) is 4.96. The lowest BCUT2D eigenvalue weighted by molar-refractivity contribution is -0.139. The normalized spacial score (nSPS) is 19.5. The van der Waals surface area contributed by atoms with E-state index in [1.165, 1.54) is 17.5 Å². The molecule has 1 saturated heterocycles. The molecule has 1 amide bonds. The van der Waals surface area contributed by atoms with Crippen LogP contribution < -0.4 is 4.74 Å². The van der Waals surface area contributed by atoms with Gasteiger partial charge in [-0.1, -0.05) is 24.3 Å². The highest BCUT2D eigenvalue weighted by Gasteiger charge is 2.45. The van der Waals surface area contributed by atoms with E-state index in [9.17, 15) is 14.7 Å². The molecule has 0 spiro atoms. The Kier molecular flexibility index (Phi) is 7.37. The van der Waals surface area contributed by atoms with E-state index in [0.717, 1.165) is 43.5 Å². The van der Waals surface area contributed by atoms with E-state index in [-0.39, 0.29) is 11.3 Å². The second-order valence-corrected chi connectivity index (χ2v) is 9.34. The summed E-state index contributed by atoms with van der Waals surface area (Å²) in [5.74, 6) is -0.553. The SMILES string of the molecule is CCOc1ccc(C2/C(=C(/O)c3ccc4c(c3)CCCC4)C(=O)C(=O)N2CCCN(C)C)cc1. The highest BCUT2D eigenvalue weighted by atomic mass is 16.5. The second kappa shape index (κ2) is 10.4. The Morgan fingerprint density at radius 2 is 1.76 bits per heavy atom. The van der Waals surface area contributed by atoms with Crippen molar-refractivity contribution in [3.8, 4) is 5.75 Å². The molecule has 0 aromatic heterocycles. The third-order valence-corrected chi connectivity index (χ3v) is 6.67. The summed E-state index contributed by atoms with van der Waals surface area (Å²) in [6.07, 6.45) is 5.04. The first kappa shape index (κ1) is 24.0. The largest absolute Gasteiger partial charge is 0.507 e. The molecule has 2 aromatic carbocycles. The maximum atomic E-state index is 13.2. The third kappa shape index (κ3) is 4.87. The molecule has 180 valence electrons. The van der Waals surface area contributed by atoms with Gasteiger partial charge in [0.2, 0.25) is 0 Å². The predicted octanol–water partition coefficient (Wildman–Crippen LogP) is 4.34. The number of aliphatic hydroxyl groups is 1. The van der Waals surface area contributed by atoms with Crippen molar-refractivity contribution in [3.63, 3.8) is 0 Å². The number of Topliss-reactive ketones (excluding diaryl/α,β-unsaturated/α-hetero) is 1. The minimum absolute atomic E-state index is 0.0966. The van der Waals surface area contributed by atoms with Gasteiger partial charge in [0, 0.05) is 12.1 Å². The summed E-state index contributed by atoms with van der Waals surface area (Å²) in [7, 11) is 3.96. The number of benzene rings is 2. The Morgan fingerprint density at radius 3 is 2.44 bits per heavy atom. The number of aliphatic hydroxyl groups excluding tert-OH is 1. The number of carbonyl (C=O) groups excluding carboxylic acids is 2. The van der Waals surface area contributed by atoms with Gasteiger partial charge in [-0.25, -0.2) is 0 Å². The zero-order chi connectivity index (χ0) is 24.2. The van der Waals surface area contributed by atoms with E-state index < -0.39 is 17.7 Å². The van der Waals surface area contributed by atoms with E-state index >= 15 is 0 Å². The number of carbonyl (C=O) groups is 2. The topological polar surface area (TPSA) is 70.1 Å². The van der Waals surface area contributed by atoms with Gasteiger partial charge in [-0.15, -0.1) is 0 Å². The molecule has 0 radical (unpaired) electrons. The average Bonchev–Trinajstić information content (AvgIpc) is 3.09. The Balaban J connectivity index is 1.76. The van der Waals surface area contributed by atoms with Gasteiger partial charge in [-0.05, 0) is 94.6 Å². The van der Waals surface area contributed by atoms with Crippen LogP contribution in [0.3, 0.4) is 0 Å². The molecule has 2 aliphatic rings. The van der Waals surface area contributed by atoms with E-state index in [2.05, 4.69) is 4.90 Å². The van der Waals surface area contributed by atoms with Crippen molar-refractivity contribution >= 4 is 17.4 Å². The van der Waals surface area contributed by atoms with Crippen LogP contribution in [0, 0.1) is 0 Å². The second-order valence-electron chi connectivity index (χ2n) is 9.34. The summed E-state index contributed by atoms with van der Waals surface area (Å²) < 4.78 is 5.57. The van der Waals surface area contributed by atoms with Crippen LogP contribution in [-0.4, -0.2) is 60.4 Å². The third-order valence-electron chi connectivity index (χ3n) is 6.67. The fourth-order valence-electron chi connectivity index (χ4n) is 4.96. The van der Waals surface area contributed by atoms with E-state index in [1.54, 1.807) is 4.90 Å². The molecule has 34 heavy (non-hydrogen) atoms. The number of rotatable bonds is 8. The number of likely N-dealkylation sites (tertiary alicyclic amines) is 1. The van der Waals surface area contributed by atoms with Crippen LogP contribution in [0.1, 0.15) is 54.5 Å². The molecule has 1 fully saturated rings. The highest BCUT2D eigenvalue weighted by Crippen LogP contribution is 2.40. The van der Waals surface area contributed by atoms with Crippen LogP contribution >= 0.6 is 0 Å². The first-order chi connectivity index (χ1) is 16.4. The zero-order valence-corrected chi connectivity index (χ0v) is 20.3. The maximum absolute atomic E-state index is 13.2. The van der Waals surface area contributed by atoms with Crippen molar-refractivity contribution in [1.29, 1.82) is 0 Å². The quantitative estimate of drug-likeness (QED) is 0.359. The summed E-state index contributed by atoms with van der Waals surface area (Å²) in [6, 6.07) is 12.7. The van der Waals surface area contributed by atoms with Gasteiger partial charge in [0.15, 0.2) is 0 Å². The van der Waals surface area contributed by atoms with Gasteiger partial charge < -0.3 is 19.6 Å². The van der Waals surface area contributed by atoms with Gasteiger partial charge in [0.25, 0.3) is 11.7 Å². The van der Waals surface area contributed by atoms with Crippen molar-refractivity contribution in [2.45, 2.75) is 45.1 Å². The Bertz CT molecular complexity index is 1090. The van der Waals surface area contributed by atoms with Gasteiger partial charge in [-0.2, -0.15) is 0 Å². The fraction of sp³-hybridized carbons (Fsp3) is 0.429. The van der Waals surface area contributed by atoms with Crippen molar-refractivity contribution in [3.05, 3.63) is 70.3 Å². The molecule has 0 bridgehead atoms. The lowest BCUT2D eigenvalue weighted by Crippen LogP contribution is -2.32. The summed E-state index contributed by atoms with van der Waals surface area (Å²) in [5, 5.41) is 11.4. The molecule has 6 heteroatoms. The minimum atomic E-state index is -0.631. The van der Waals surface area contributed by atoms with Crippen LogP contribution in [0.25, 0.3) is 5.76 Å². The van der Waals surface area contributed by atoms with Crippen molar-refractivity contribution in [2.75, 3.05) is 33.8 Å². The molecule has 1 aliphatic heterocycles. The van der Waals surface area contributed by atoms with Gasteiger partial charge in [-0.3, -0.25) is 9.59 Å². The molecule has 1 aliphatic carbocycles. The number of aryl methyl sites for hydroxylation is 2. The molecular weight excluding hydrogens is 428 g/mol. The van der Waals surface area contributed by atoms with E-state index in [4.69, 9.17) is 4.74 Å². The molecule has 1 unspecified atom stereocenters. The van der Waals surface area contributed by atoms with E-state index in [1.807, 2.05) is 63.5 Å². The Morgan fingerprint density at radius 1 is 1.06 bits per heavy atom. The summed E-state index contributed by atoms with van der Waals surface area (Å²) in [6.45, 7) is 3.71. The lowest BCUT2D eigenvalue weighted by atomic mass is 9.88. The summed E-state index contributed by atoms with van der Waals surface area (Å²) in [5.41, 5.74) is 4.06. The number of hydrogen-bond acceptors (Lipinski definition) is 5. The lowest BCUT2D eigenvalue weighted by Gasteiger charge is -2.26. The number of ketones is 1.